The van der Waals surface area contributed by atoms with Crippen LogP contribution in [0.15, 0.2) is 17.4 Å². The molecule has 0 N–H and O–H groups in total. The average molecular weight is 440 g/mol. The van der Waals surface area contributed by atoms with E-state index in [1.54, 1.807) is 6.92 Å². The molecule has 0 aromatic heterocycles. The van der Waals surface area contributed by atoms with Crippen LogP contribution in [-0.4, -0.2) is 20.7 Å². The fourth-order valence-electron chi connectivity index (χ4n) is 4.44. The van der Waals surface area contributed by atoms with Crippen molar-refractivity contribution in [3.05, 3.63) is 17.4 Å². The van der Waals surface area contributed by atoms with Gasteiger partial charge in [0.15, 0.2) is 0 Å². The monoisotopic (exact) mass is 440 g/mol. The molecule has 2 unspecified atom stereocenters. The van der Waals surface area contributed by atoms with Gasteiger partial charge in [0, 0.05) is 0 Å². The normalized spacial score (nSPS) is 19.7. The summed E-state index contributed by atoms with van der Waals surface area (Å²) in [6, 6.07) is 0. The van der Waals surface area contributed by atoms with E-state index in [-0.39, 0.29) is 5.41 Å². The molecule has 0 amide bonds. The number of hydrogen-bond acceptors (Lipinski definition) is 1. The second kappa shape index (κ2) is 13.8. The molecule has 0 aliphatic heterocycles. The zero-order valence-corrected chi connectivity index (χ0v) is 20.5. The summed E-state index contributed by atoms with van der Waals surface area (Å²) >= 11 is 0.564. The molecule has 0 radical (unpaired) electrons. The van der Waals surface area contributed by atoms with Gasteiger partial charge in [-0.25, -0.2) is 0 Å². The van der Waals surface area contributed by atoms with Crippen LogP contribution in [0, 0.1) is 11.3 Å². The van der Waals surface area contributed by atoms with E-state index in [4.69, 9.17) is 0 Å². The molecule has 1 nitrogen and oxygen atoms in total. The fraction of sp³-hybridized carbons (Fsp3) is 0.840. The molecule has 0 spiro atoms. The molecule has 0 heterocycles. The maximum atomic E-state index is 11.9. The van der Waals surface area contributed by atoms with Gasteiger partial charge < -0.3 is 0 Å². The van der Waals surface area contributed by atoms with Crippen LogP contribution in [-0.2, 0) is 4.79 Å². The second-order valence-electron chi connectivity index (χ2n) is 9.20. The van der Waals surface area contributed by atoms with Crippen LogP contribution in [0.25, 0.3) is 0 Å². The molecular formula is C25H44OSe. The predicted molar refractivity (Wildman–Crippen MR) is 121 cm³/mol. The minimum absolute atomic E-state index is 0.273. The van der Waals surface area contributed by atoms with Gasteiger partial charge in [-0.3, -0.25) is 0 Å². The number of Topliss-reactive ketones (excluding diaryl/α,β-unsaturated/α-hetero) is 1. The van der Waals surface area contributed by atoms with E-state index in [9.17, 15) is 4.79 Å². The van der Waals surface area contributed by atoms with Gasteiger partial charge in [0.1, 0.15) is 0 Å². The Morgan fingerprint density at radius 2 is 1.67 bits per heavy atom. The average Bonchev–Trinajstić information content (AvgIpc) is 2.58. The zero-order chi connectivity index (χ0) is 20.1. The van der Waals surface area contributed by atoms with Crippen LogP contribution in [0.1, 0.15) is 112 Å². The summed E-state index contributed by atoms with van der Waals surface area (Å²) in [5.74, 6) is 0.901. The molecule has 1 aliphatic rings. The van der Waals surface area contributed by atoms with Crippen LogP contribution in [0.2, 0.25) is 10.1 Å². The molecule has 0 aromatic carbocycles. The van der Waals surface area contributed by atoms with Crippen molar-refractivity contribution in [1.82, 2.24) is 0 Å². The third kappa shape index (κ3) is 10.2. The summed E-state index contributed by atoms with van der Waals surface area (Å²) in [6.07, 6.45) is 18.1. The van der Waals surface area contributed by atoms with Gasteiger partial charge in [0.2, 0.25) is 0 Å². The summed E-state index contributed by atoms with van der Waals surface area (Å²) in [5.41, 5.74) is 5.12. The topological polar surface area (TPSA) is 17.1 Å². The van der Waals surface area contributed by atoms with Crippen LogP contribution in [0.4, 0.5) is 0 Å². The van der Waals surface area contributed by atoms with E-state index in [0.29, 0.717) is 31.5 Å². The first-order chi connectivity index (χ1) is 12.9. The van der Waals surface area contributed by atoms with Crippen molar-refractivity contribution < 1.29 is 4.79 Å². The molecule has 27 heavy (non-hydrogen) atoms. The van der Waals surface area contributed by atoms with Crippen molar-refractivity contribution >= 4 is 20.7 Å². The molecule has 2 heteroatoms. The van der Waals surface area contributed by atoms with Gasteiger partial charge >= 0.3 is 176 Å². The van der Waals surface area contributed by atoms with Gasteiger partial charge in [-0.2, -0.15) is 0 Å². The van der Waals surface area contributed by atoms with Crippen LogP contribution >= 0.6 is 0 Å². The third-order valence-corrected chi connectivity index (χ3v) is 8.88. The standard InChI is InChI=1S/C25H44OSe/c1-6-7-8-9-10-11-12-13-14-15-19-27-23(20-22(3)26)24-21(2)17-16-18-25(24,4)5/h16,23-24H,6-15,18-20H2,1-5H3. The van der Waals surface area contributed by atoms with E-state index >= 15 is 0 Å². The van der Waals surface area contributed by atoms with E-state index in [0.717, 1.165) is 12.8 Å². The number of allylic oxidation sites excluding steroid dienone is 1. The molecular weight excluding hydrogens is 395 g/mol. The van der Waals surface area contributed by atoms with E-state index in [2.05, 4.69) is 39.5 Å². The van der Waals surface area contributed by atoms with Gasteiger partial charge in [0.25, 0.3) is 0 Å². The Labute approximate surface area is 176 Å². The minimum atomic E-state index is 0.273. The summed E-state index contributed by atoms with van der Waals surface area (Å²) in [4.78, 5) is 12.4. The molecule has 1 aliphatic carbocycles. The number of ketones is 1. The van der Waals surface area contributed by atoms with Crippen molar-refractivity contribution in [2.45, 2.75) is 122 Å². The first-order valence-electron chi connectivity index (χ1n) is 11.4. The van der Waals surface area contributed by atoms with Crippen LogP contribution < -0.4 is 0 Å². The Balaban J connectivity index is 2.30. The predicted octanol–water partition coefficient (Wildman–Crippen LogP) is 7.94. The number of unbranched alkanes of at least 4 members (excludes halogenated alkanes) is 9. The van der Waals surface area contributed by atoms with Crippen molar-refractivity contribution in [1.29, 1.82) is 0 Å². The number of carbonyl (C=O) groups is 1. The molecule has 1 rings (SSSR count). The first-order valence-corrected chi connectivity index (χ1v) is 13.6. The fourth-order valence-corrected chi connectivity index (χ4v) is 8.20. The molecule has 156 valence electrons. The summed E-state index contributed by atoms with van der Waals surface area (Å²) < 4.78 is 0. The maximum absolute atomic E-state index is 11.9. The molecule has 0 bridgehead atoms. The van der Waals surface area contributed by atoms with E-state index < -0.39 is 0 Å². The molecule has 2 atom stereocenters. The second-order valence-corrected chi connectivity index (χ2v) is 12.0. The summed E-state index contributed by atoms with van der Waals surface area (Å²) in [7, 11) is 0. The van der Waals surface area contributed by atoms with Gasteiger partial charge in [0.05, 0.1) is 0 Å². The Kier molecular flexibility index (Phi) is 12.7. The molecule has 0 saturated carbocycles. The van der Waals surface area contributed by atoms with Crippen LogP contribution in [0.5, 0.6) is 0 Å². The summed E-state index contributed by atoms with van der Waals surface area (Å²) in [5, 5.41) is 1.34. The van der Waals surface area contributed by atoms with Gasteiger partial charge in [-0.1, -0.05) is 0 Å². The number of rotatable bonds is 15. The number of carbonyl (C=O) groups excluding carboxylic acids is 1. The van der Waals surface area contributed by atoms with E-state index in [1.165, 1.54) is 75.1 Å². The van der Waals surface area contributed by atoms with E-state index in [1.807, 2.05) is 0 Å². The summed E-state index contributed by atoms with van der Waals surface area (Å²) in [6.45, 7) is 11.0. The quantitative estimate of drug-likeness (QED) is 0.144. The number of hydrogen-bond donors (Lipinski definition) is 0. The first kappa shape index (κ1) is 24.7. The van der Waals surface area contributed by atoms with Crippen molar-refractivity contribution in [3.63, 3.8) is 0 Å². The zero-order valence-electron chi connectivity index (χ0n) is 18.7. The Morgan fingerprint density at radius 3 is 2.19 bits per heavy atom. The van der Waals surface area contributed by atoms with Crippen molar-refractivity contribution in [3.8, 4) is 0 Å². The Hall–Kier alpha value is -0.291. The Morgan fingerprint density at radius 1 is 1.11 bits per heavy atom. The van der Waals surface area contributed by atoms with Crippen molar-refractivity contribution in [2.75, 3.05) is 0 Å². The van der Waals surface area contributed by atoms with Gasteiger partial charge in [-0.05, 0) is 0 Å². The Bertz CT molecular complexity index is 485. The molecule has 0 saturated heterocycles. The third-order valence-electron chi connectivity index (χ3n) is 5.96. The van der Waals surface area contributed by atoms with Crippen molar-refractivity contribution in [2.24, 2.45) is 11.3 Å². The molecule has 0 aromatic rings. The van der Waals surface area contributed by atoms with Gasteiger partial charge in [-0.15, -0.1) is 0 Å². The van der Waals surface area contributed by atoms with Crippen LogP contribution in [0.3, 0.4) is 0 Å². The SMILES string of the molecule is CCCCCCCCCCCC[Se]C(CC(C)=O)C1C(C)=C=CCC1(C)C. The molecule has 0 fully saturated rings.